The van der Waals surface area contributed by atoms with Crippen LogP contribution in [-0.4, -0.2) is 10.7 Å². The zero-order valence-corrected chi connectivity index (χ0v) is 30.1. The van der Waals surface area contributed by atoms with Crippen molar-refractivity contribution in [3.05, 3.63) is 101 Å². The van der Waals surface area contributed by atoms with Gasteiger partial charge in [0.15, 0.2) is 0 Å². The molecule has 0 atom stereocenters. The summed E-state index contributed by atoms with van der Waals surface area (Å²) in [7, 11) is 0. The maximum Gasteiger partial charge on any atom is 2.00 e. The smallest absolute Gasteiger partial charge is 0.348 e. The van der Waals surface area contributed by atoms with Gasteiger partial charge in [-0.05, 0) is 78.3 Å². The monoisotopic (exact) mass is 676 g/mol. The number of rotatable bonds is 17. The van der Waals surface area contributed by atoms with Crippen LogP contribution in [0.4, 0.5) is 0 Å². The molecule has 2 aromatic carbocycles. The van der Waals surface area contributed by atoms with E-state index in [2.05, 4.69) is 115 Å². The Hall–Kier alpha value is -2.00. The van der Waals surface area contributed by atoms with E-state index >= 15 is 0 Å². The molecule has 242 valence electrons. The van der Waals surface area contributed by atoms with Crippen molar-refractivity contribution < 1.29 is 25.2 Å². The van der Waals surface area contributed by atoms with Crippen molar-refractivity contribution >= 4 is 11.4 Å². The molecular formula is C40H62N2Pd. The molecule has 0 N–H and O–H groups in total. The molecule has 0 aliphatic rings. The zero-order chi connectivity index (χ0) is 31.4. The minimum Gasteiger partial charge on any atom is -0.348 e. The number of benzene rings is 2. The van der Waals surface area contributed by atoms with Crippen LogP contribution in [0.1, 0.15) is 154 Å². The molecule has 0 radical (unpaired) electrons. The van der Waals surface area contributed by atoms with Gasteiger partial charge in [-0.2, -0.15) is 12.8 Å². The van der Waals surface area contributed by atoms with Crippen LogP contribution in [-0.2, 0) is 33.3 Å². The van der Waals surface area contributed by atoms with Crippen molar-refractivity contribution in [2.24, 2.45) is 0 Å². The molecule has 0 bridgehead atoms. The van der Waals surface area contributed by atoms with Gasteiger partial charge in [-0.25, -0.2) is 0 Å². The minimum absolute atomic E-state index is 0. The van der Waals surface area contributed by atoms with Gasteiger partial charge >= 0.3 is 26.3 Å². The molecule has 3 heteroatoms. The molecule has 2 aromatic rings. The van der Waals surface area contributed by atoms with Gasteiger partial charge in [0.25, 0.3) is 0 Å². The van der Waals surface area contributed by atoms with Crippen LogP contribution in [0.5, 0.6) is 0 Å². The van der Waals surface area contributed by atoms with E-state index in [1.807, 2.05) is 0 Å². The Morgan fingerprint density at radius 2 is 1.12 bits per heavy atom. The third-order valence-corrected chi connectivity index (χ3v) is 7.33. The molecule has 0 saturated carbocycles. The number of unbranched alkanes of at least 4 members (excludes halogenated alkanes) is 7. The molecule has 0 amide bonds. The van der Waals surface area contributed by atoms with Crippen LogP contribution in [0, 0.1) is 13.8 Å². The van der Waals surface area contributed by atoms with Crippen molar-refractivity contribution in [2.75, 3.05) is 0 Å². The minimum atomic E-state index is 0. The van der Waals surface area contributed by atoms with E-state index in [-0.39, 0.29) is 20.4 Å². The molecule has 0 spiro atoms. The average molecular weight is 677 g/mol. The summed E-state index contributed by atoms with van der Waals surface area (Å²) in [5, 5.41) is 0. The first-order chi connectivity index (χ1) is 20.5. The third-order valence-electron chi connectivity index (χ3n) is 7.33. The van der Waals surface area contributed by atoms with Crippen molar-refractivity contribution in [1.82, 2.24) is 0 Å². The summed E-state index contributed by atoms with van der Waals surface area (Å²) in [5.74, 6) is 2.98. The first-order valence-electron chi connectivity index (χ1n) is 17.0. The number of allylic oxidation sites excluding steroid dienone is 2. The van der Waals surface area contributed by atoms with E-state index in [0.717, 1.165) is 63.4 Å². The van der Waals surface area contributed by atoms with Crippen LogP contribution in [0.15, 0.2) is 59.7 Å². The van der Waals surface area contributed by atoms with Gasteiger partial charge in [0.05, 0.1) is 5.57 Å². The Bertz CT molecular complexity index is 1030. The Kier molecular flexibility index (Phi) is 30.1. The van der Waals surface area contributed by atoms with E-state index in [4.69, 9.17) is 0 Å². The van der Waals surface area contributed by atoms with Gasteiger partial charge in [0.2, 0.25) is 0 Å². The van der Waals surface area contributed by atoms with Gasteiger partial charge in [0, 0.05) is 0 Å². The summed E-state index contributed by atoms with van der Waals surface area (Å²) in [6, 6.07) is 18.2. The van der Waals surface area contributed by atoms with E-state index in [0.29, 0.717) is 0 Å². The number of hydrogen-bond donors (Lipinski definition) is 0. The van der Waals surface area contributed by atoms with Gasteiger partial charge in [0.1, 0.15) is 0 Å². The molecule has 2 nitrogen and oxygen atoms in total. The molecule has 0 fully saturated rings. The van der Waals surface area contributed by atoms with Crippen molar-refractivity contribution in [1.29, 1.82) is 0 Å². The third kappa shape index (κ3) is 19.1. The molecule has 0 aliphatic heterocycles. The fourth-order valence-electron chi connectivity index (χ4n) is 4.48. The first-order valence-corrected chi connectivity index (χ1v) is 17.0. The number of hydrogen-bond acceptors (Lipinski definition) is 0. The predicted octanol–water partition coefficient (Wildman–Crippen LogP) is 12.6. The van der Waals surface area contributed by atoms with Gasteiger partial charge in [-0.3, -0.25) is 0 Å². The zero-order valence-electron chi connectivity index (χ0n) is 28.6. The molecular weight excluding hydrogens is 615 g/mol. The Morgan fingerprint density at radius 1 is 0.628 bits per heavy atom. The largest absolute Gasteiger partial charge is 2.00 e. The van der Waals surface area contributed by atoms with Crippen LogP contribution in [0.3, 0.4) is 0 Å². The summed E-state index contributed by atoms with van der Waals surface area (Å²) in [6.07, 6.45) is 18.0. The maximum atomic E-state index is 9.48. The number of nitrogens with zero attached hydrogens (tertiary/aromatic N) is 2. The predicted molar refractivity (Wildman–Crippen MR) is 188 cm³/mol. The topological polar surface area (TPSA) is 36.4 Å². The molecule has 0 unspecified atom stereocenters. The summed E-state index contributed by atoms with van der Waals surface area (Å²) < 4.78 is 0. The number of aryl methyl sites for hydroxylation is 2. The standard InChI is InChI=1S/C32H44N2.2C4H9.Pd/c1-5-9-12-13-16-31(30(25-34-33)15-11-7-3)32(28-21-17-26(8-4)18-22-28)29-23-19-27(20-24-29)14-10-6-2;2*1-3-4-2;/h17-24H,5-16H2,1-4H3;2*1,3-4H2,2H3;/q;2*-1;+2. The molecule has 0 saturated heterocycles. The van der Waals surface area contributed by atoms with Gasteiger partial charge in [-0.1, -0.05) is 135 Å². The van der Waals surface area contributed by atoms with Crippen molar-refractivity contribution in [3.8, 4) is 0 Å². The maximum absolute atomic E-state index is 9.48. The second-order valence-electron chi connectivity index (χ2n) is 11.0. The average Bonchev–Trinajstić information content (AvgIpc) is 3.04. The van der Waals surface area contributed by atoms with Crippen LogP contribution >= 0.6 is 0 Å². The molecule has 0 heterocycles. The molecule has 43 heavy (non-hydrogen) atoms. The van der Waals surface area contributed by atoms with E-state index in [1.54, 1.807) is 0 Å². The fraction of sp³-hybridized carbons (Fsp3) is 0.550. The Labute approximate surface area is 281 Å². The molecule has 2 rings (SSSR count). The van der Waals surface area contributed by atoms with Gasteiger partial charge < -0.3 is 19.4 Å². The molecule has 0 aromatic heterocycles. The van der Waals surface area contributed by atoms with Crippen LogP contribution < -0.4 is 0 Å². The second-order valence-corrected chi connectivity index (χ2v) is 11.0. The van der Waals surface area contributed by atoms with Gasteiger partial charge in [-0.15, -0.1) is 4.79 Å². The summed E-state index contributed by atoms with van der Waals surface area (Å²) in [6.45, 7) is 20.3. The van der Waals surface area contributed by atoms with Crippen LogP contribution in [0.2, 0.25) is 0 Å². The fourth-order valence-corrected chi connectivity index (χ4v) is 4.48. The summed E-state index contributed by atoms with van der Waals surface area (Å²) >= 11 is 0. The quantitative estimate of drug-likeness (QED) is 0.0304. The van der Waals surface area contributed by atoms with E-state index in [1.165, 1.54) is 78.3 Å². The van der Waals surface area contributed by atoms with E-state index < -0.39 is 0 Å². The normalized spacial score (nSPS) is 10.5. The SMILES string of the molecule is CCCCCCC(C(=C=[N+]=[N-])CCCC)=C(c1ccc(CC)cc1)c1ccc(CCCC)cc1.[CH2-]CCC.[CH2-]CCC.[Pd+2]. The van der Waals surface area contributed by atoms with E-state index in [9.17, 15) is 5.53 Å². The van der Waals surface area contributed by atoms with Crippen LogP contribution in [0.25, 0.3) is 11.1 Å². The van der Waals surface area contributed by atoms with Crippen molar-refractivity contribution in [2.45, 2.75) is 144 Å². The second kappa shape index (κ2) is 30.0. The molecule has 0 aliphatic carbocycles. The Morgan fingerprint density at radius 3 is 1.53 bits per heavy atom. The Balaban J connectivity index is 0. The van der Waals surface area contributed by atoms with Crippen molar-refractivity contribution in [3.63, 3.8) is 0 Å². The summed E-state index contributed by atoms with van der Waals surface area (Å²) in [4.78, 5) is 3.38. The first kappa shape index (κ1) is 43.1. The summed E-state index contributed by atoms with van der Waals surface area (Å²) in [5.41, 5.74) is 18.3.